The maximum atomic E-state index is 11.5. The number of hydrogen-bond donors (Lipinski definition) is 1. The van der Waals surface area contributed by atoms with Crippen LogP contribution < -0.4 is 4.74 Å². The van der Waals surface area contributed by atoms with Crippen LogP contribution in [0.1, 0.15) is 30.0 Å². The fourth-order valence-corrected chi connectivity index (χ4v) is 2.78. The summed E-state index contributed by atoms with van der Waals surface area (Å²) in [4.78, 5) is 11.5. The van der Waals surface area contributed by atoms with Crippen molar-refractivity contribution in [2.24, 2.45) is 0 Å². The Balaban J connectivity index is 2.11. The normalized spacial score (nSPS) is 17.6. The lowest BCUT2D eigenvalue weighted by Crippen LogP contribution is -2.20. The fourth-order valence-electron chi connectivity index (χ4n) is 2.78. The lowest BCUT2D eigenvalue weighted by Gasteiger charge is -2.21. The van der Waals surface area contributed by atoms with Gasteiger partial charge in [-0.05, 0) is 37.0 Å². The number of methoxy groups -OCH3 is 1. The van der Waals surface area contributed by atoms with E-state index in [2.05, 4.69) is 5.10 Å². The number of carboxylic acids is 1. The third-order valence-corrected chi connectivity index (χ3v) is 3.75. The van der Waals surface area contributed by atoms with Gasteiger partial charge in [0.25, 0.3) is 0 Å². The van der Waals surface area contributed by atoms with Crippen LogP contribution in [0.3, 0.4) is 0 Å². The number of nitrogens with zero attached hydrogens (tertiary/aromatic N) is 2. The molecule has 1 aliphatic carbocycles. The van der Waals surface area contributed by atoms with Gasteiger partial charge in [-0.15, -0.1) is 0 Å². The third-order valence-electron chi connectivity index (χ3n) is 3.75. The zero-order valence-corrected chi connectivity index (χ0v) is 11.2. The molecule has 3 rings (SSSR count). The summed E-state index contributed by atoms with van der Waals surface area (Å²) in [5, 5.41) is 13.8. The maximum Gasteiger partial charge on any atom is 0.312 e. The molecule has 0 spiro atoms. The Morgan fingerprint density at radius 1 is 1.50 bits per heavy atom. The van der Waals surface area contributed by atoms with Gasteiger partial charge in [-0.1, -0.05) is 6.07 Å². The van der Waals surface area contributed by atoms with E-state index in [0.717, 1.165) is 35.5 Å². The molecule has 0 fully saturated rings. The van der Waals surface area contributed by atoms with Crippen LogP contribution in [-0.2, 0) is 11.2 Å². The van der Waals surface area contributed by atoms with Gasteiger partial charge in [0.2, 0.25) is 0 Å². The molecule has 1 aromatic carbocycles. The molecule has 1 atom stereocenters. The summed E-state index contributed by atoms with van der Waals surface area (Å²) in [7, 11) is 1.61. The van der Waals surface area contributed by atoms with Crippen LogP contribution in [0.15, 0.2) is 30.5 Å². The Labute approximate surface area is 116 Å². The van der Waals surface area contributed by atoms with Crippen molar-refractivity contribution in [2.45, 2.75) is 25.2 Å². The number of carbonyl (C=O) groups is 1. The summed E-state index contributed by atoms with van der Waals surface area (Å²) in [6, 6.07) is 7.50. The Bertz CT molecular complexity index is 648. The molecule has 1 heterocycles. The number of benzene rings is 1. The number of hydrogen-bond acceptors (Lipinski definition) is 3. The fraction of sp³-hybridized carbons (Fsp3) is 0.333. The van der Waals surface area contributed by atoms with E-state index in [9.17, 15) is 9.90 Å². The summed E-state index contributed by atoms with van der Waals surface area (Å²) < 4.78 is 6.95. The van der Waals surface area contributed by atoms with Crippen molar-refractivity contribution in [3.8, 4) is 11.4 Å². The van der Waals surface area contributed by atoms with Gasteiger partial charge < -0.3 is 9.84 Å². The molecule has 20 heavy (non-hydrogen) atoms. The van der Waals surface area contributed by atoms with Crippen LogP contribution in [0.4, 0.5) is 0 Å². The molecule has 104 valence electrons. The summed E-state index contributed by atoms with van der Waals surface area (Å²) in [6.07, 6.45) is 4.23. The van der Waals surface area contributed by atoms with Gasteiger partial charge in [0.05, 0.1) is 30.6 Å². The average molecular weight is 272 g/mol. The first-order valence-electron chi connectivity index (χ1n) is 6.64. The molecule has 0 amide bonds. The molecule has 5 heteroatoms. The van der Waals surface area contributed by atoms with Crippen molar-refractivity contribution in [2.75, 3.05) is 7.11 Å². The Morgan fingerprint density at radius 3 is 3.10 bits per heavy atom. The van der Waals surface area contributed by atoms with Crippen molar-refractivity contribution in [3.05, 3.63) is 41.7 Å². The first kappa shape index (κ1) is 12.7. The Kier molecular flexibility index (Phi) is 3.18. The smallest absolute Gasteiger partial charge is 0.312 e. The SMILES string of the molecule is COc1cccc(-n2ncc3c2C(C(=O)O)CCC3)c1. The molecule has 1 aliphatic rings. The zero-order valence-electron chi connectivity index (χ0n) is 11.2. The Morgan fingerprint density at radius 2 is 2.35 bits per heavy atom. The molecule has 1 aromatic heterocycles. The van der Waals surface area contributed by atoms with Crippen molar-refractivity contribution >= 4 is 5.97 Å². The van der Waals surface area contributed by atoms with Crippen LogP contribution in [-0.4, -0.2) is 28.0 Å². The number of aryl methyl sites for hydroxylation is 1. The molecule has 0 aliphatic heterocycles. The number of ether oxygens (including phenoxy) is 1. The van der Waals surface area contributed by atoms with E-state index in [-0.39, 0.29) is 0 Å². The molecular weight excluding hydrogens is 256 g/mol. The first-order valence-corrected chi connectivity index (χ1v) is 6.64. The molecular formula is C15H16N2O3. The van der Waals surface area contributed by atoms with Crippen LogP contribution in [0, 0.1) is 0 Å². The van der Waals surface area contributed by atoms with Crippen molar-refractivity contribution in [1.29, 1.82) is 0 Å². The quantitative estimate of drug-likeness (QED) is 0.931. The van der Waals surface area contributed by atoms with Crippen molar-refractivity contribution < 1.29 is 14.6 Å². The minimum Gasteiger partial charge on any atom is -0.497 e. The van der Waals surface area contributed by atoms with E-state index in [1.807, 2.05) is 24.3 Å². The number of fused-ring (bicyclic) bond motifs is 1. The highest BCUT2D eigenvalue weighted by molar-refractivity contribution is 5.76. The molecule has 0 radical (unpaired) electrons. The van der Waals surface area contributed by atoms with Crippen molar-refractivity contribution in [1.82, 2.24) is 9.78 Å². The van der Waals surface area contributed by atoms with Crippen LogP contribution in [0.5, 0.6) is 5.75 Å². The van der Waals surface area contributed by atoms with Gasteiger partial charge in [0.15, 0.2) is 0 Å². The van der Waals surface area contributed by atoms with Gasteiger partial charge in [0, 0.05) is 6.07 Å². The molecule has 2 aromatic rings. The second-order valence-electron chi connectivity index (χ2n) is 4.95. The molecule has 0 saturated heterocycles. The molecule has 1 N–H and O–H groups in total. The van der Waals surface area contributed by atoms with Gasteiger partial charge in [-0.3, -0.25) is 4.79 Å². The lowest BCUT2D eigenvalue weighted by molar-refractivity contribution is -0.139. The van der Waals surface area contributed by atoms with E-state index >= 15 is 0 Å². The first-order chi connectivity index (χ1) is 9.70. The second kappa shape index (κ2) is 5.00. The molecule has 1 unspecified atom stereocenters. The predicted molar refractivity (Wildman–Crippen MR) is 73.4 cm³/mol. The molecule has 0 bridgehead atoms. The highest BCUT2D eigenvalue weighted by Gasteiger charge is 2.30. The summed E-state index contributed by atoms with van der Waals surface area (Å²) in [5.74, 6) is -0.530. The van der Waals surface area contributed by atoms with E-state index in [0.29, 0.717) is 6.42 Å². The van der Waals surface area contributed by atoms with Gasteiger partial charge in [0.1, 0.15) is 5.75 Å². The van der Waals surface area contributed by atoms with Crippen LogP contribution in [0.25, 0.3) is 5.69 Å². The van der Waals surface area contributed by atoms with Crippen LogP contribution in [0.2, 0.25) is 0 Å². The highest BCUT2D eigenvalue weighted by atomic mass is 16.5. The standard InChI is InChI=1S/C15H16N2O3/c1-20-12-6-3-5-11(8-12)17-14-10(9-16-17)4-2-7-13(14)15(18)19/h3,5-6,8-9,13H,2,4,7H2,1H3,(H,18,19). The van der Waals surface area contributed by atoms with E-state index < -0.39 is 11.9 Å². The third kappa shape index (κ3) is 2.05. The minimum atomic E-state index is -0.782. The second-order valence-corrected chi connectivity index (χ2v) is 4.95. The molecule has 0 saturated carbocycles. The monoisotopic (exact) mass is 272 g/mol. The van der Waals surface area contributed by atoms with Gasteiger partial charge >= 0.3 is 5.97 Å². The van der Waals surface area contributed by atoms with E-state index in [4.69, 9.17) is 4.74 Å². The maximum absolute atomic E-state index is 11.5. The largest absolute Gasteiger partial charge is 0.497 e. The van der Waals surface area contributed by atoms with Crippen LogP contribution >= 0.6 is 0 Å². The minimum absolute atomic E-state index is 0.479. The number of carboxylic acid groups (broad SMARTS) is 1. The van der Waals surface area contributed by atoms with Gasteiger partial charge in [-0.2, -0.15) is 5.10 Å². The summed E-state index contributed by atoms with van der Waals surface area (Å²) in [5.41, 5.74) is 2.67. The summed E-state index contributed by atoms with van der Waals surface area (Å²) >= 11 is 0. The Hall–Kier alpha value is -2.30. The predicted octanol–water partition coefficient (Wildman–Crippen LogP) is 2.39. The highest BCUT2D eigenvalue weighted by Crippen LogP contribution is 2.33. The van der Waals surface area contributed by atoms with Crippen molar-refractivity contribution in [3.63, 3.8) is 0 Å². The number of aliphatic carboxylic acids is 1. The lowest BCUT2D eigenvalue weighted by atomic mass is 9.88. The summed E-state index contributed by atoms with van der Waals surface area (Å²) in [6.45, 7) is 0. The number of aromatic nitrogens is 2. The average Bonchev–Trinajstić information content (AvgIpc) is 2.91. The topological polar surface area (TPSA) is 64.4 Å². The zero-order chi connectivity index (χ0) is 14.1. The van der Waals surface area contributed by atoms with E-state index in [1.54, 1.807) is 18.0 Å². The van der Waals surface area contributed by atoms with Gasteiger partial charge in [-0.25, -0.2) is 4.68 Å². The number of rotatable bonds is 3. The van der Waals surface area contributed by atoms with E-state index in [1.165, 1.54) is 0 Å². The molecule has 5 nitrogen and oxygen atoms in total.